The lowest BCUT2D eigenvalue weighted by Crippen LogP contribution is -2.31. The van der Waals surface area contributed by atoms with Crippen LogP contribution < -0.4 is 0 Å². The maximum absolute atomic E-state index is 11.2. The Hall–Kier alpha value is -0.590. The van der Waals surface area contributed by atoms with Crippen molar-refractivity contribution in [1.82, 2.24) is 0 Å². The smallest absolute Gasteiger partial charge is 0.127 e. The molecule has 0 heterocycles. The molecule has 2 saturated carbocycles. The fraction of sp³-hybridized carbons (Fsp3) is 0.727. The van der Waals surface area contributed by atoms with Crippen molar-refractivity contribution >= 4 is 6.29 Å². The van der Waals surface area contributed by atoms with Crippen LogP contribution in [-0.2, 0) is 4.79 Å². The van der Waals surface area contributed by atoms with E-state index in [1.54, 1.807) is 0 Å². The standard InChI is InChI=1S/C11H14O/c12-7-11-5-1-2-10(11)8-3-4-9(11)6-8/h3-4,7-10H,1-2,5-6H2/t8-,9+,10-,11-/m1/s1. The van der Waals surface area contributed by atoms with Crippen molar-refractivity contribution in [2.24, 2.45) is 23.2 Å². The van der Waals surface area contributed by atoms with Crippen molar-refractivity contribution in [3.63, 3.8) is 0 Å². The average molecular weight is 162 g/mol. The summed E-state index contributed by atoms with van der Waals surface area (Å²) in [4.78, 5) is 11.2. The Morgan fingerprint density at radius 1 is 1.42 bits per heavy atom. The average Bonchev–Trinajstić information content (AvgIpc) is 2.76. The highest BCUT2D eigenvalue weighted by Gasteiger charge is 2.57. The second-order valence-electron chi connectivity index (χ2n) is 4.62. The van der Waals surface area contributed by atoms with E-state index in [0.29, 0.717) is 11.8 Å². The van der Waals surface area contributed by atoms with Gasteiger partial charge in [0.1, 0.15) is 6.29 Å². The van der Waals surface area contributed by atoms with E-state index in [1.165, 1.54) is 25.5 Å². The van der Waals surface area contributed by atoms with E-state index in [-0.39, 0.29) is 5.41 Å². The van der Waals surface area contributed by atoms with Gasteiger partial charge in [0.25, 0.3) is 0 Å². The molecule has 3 aliphatic rings. The van der Waals surface area contributed by atoms with Gasteiger partial charge in [-0.05, 0) is 37.0 Å². The number of allylic oxidation sites excluding steroid dienone is 2. The summed E-state index contributed by atoms with van der Waals surface area (Å²) < 4.78 is 0. The van der Waals surface area contributed by atoms with Gasteiger partial charge in [0.05, 0.1) is 0 Å². The summed E-state index contributed by atoms with van der Waals surface area (Å²) in [6.07, 6.45) is 10.9. The Morgan fingerprint density at radius 3 is 3.08 bits per heavy atom. The SMILES string of the molecule is O=C[C@@]12CCC[C@@H]1[C@@H]1C=C[C@H]2C1. The van der Waals surface area contributed by atoms with Crippen molar-refractivity contribution in [2.75, 3.05) is 0 Å². The van der Waals surface area contributed by atoms with E-state index in [9.17, 15) is 4.79 Å². The van der Waals surface area contributed by atoms with E-state index in [2.05, 4.69) is 12.2 Å². The van der Waals surface area contributed by atoms with Crippen LogP contribution in [0.3, 0.4) is 0 Å². The van der Waals surface area contributed by atoms with Gasteiger partial charge in [-0.15, -0.1) is 0 Å². The topological polar surface area (TPSA) is 17.1 Å². The van der Waals surface area contributed by atoms with E-state index < -0.39 is 0 Å². The van der Waals surface area contributed by atoms with Crippen LogP contribution in [0.2, 0.25) is 0 Å². The lowest BCUT2D eigenvalue weighted by molar-refractivity contribution is -0.118. The minimum Gasteiger partial charge on any atom is -0.303 e. The largest absolute Gasteiger partial charge is 0.303 e. The highest BCUT2D eigenvalue weighted by molar-refractivity contribution is 5.64. The van der Waals surface area contributed by atoms with E-state index in [4.69, 9.17) is 0 Å². The van der Waals surface area contributed by atoms with E-state index in [0.717, 1.165) is 12.3 Å². The number of fused-ring (bicyclic) bond motifs is 5. The first-order valence-electron chi connectivity index (χ1n) is 5.01. The summed E-state index contributed by atoms with van der Waals surface area (Å²) >= 11 is 0. The van der Waals surface area contributed by atoms with Crippen molar-refractivity contribution in [3.8, 4) is 0 Å². The Bertz CT molecular complexity index is 256. The van der Waals surface area contributed by atoms with Crippen LogP contribution in [0.15, 0.2) is 12.2 Å². The predicted octanol–water partition coefficient (Wildman–Crippen LogP) is 2.18. The molecule has 4 atom stereocenters. The lowest BCUT2D eigenvalue weighted by atomic mass is 9.72. The van der Waals surface area contributed by atoms with Crippen LogP contribution in [0.25, 0.3) is 0 Å². The monoisotopic (exact) mass is 162 g/mol. The van der Waals surface area contributed by atoms with Gasteiger partial charge in [-0.25, -0.2) is 0 Å². The third-order valence-corrected chi connectivity index (χ3v) is 4.36. The first-order valence-corrected chi connectivity index (χ1v) is 5.01. The molecule has 12 heavy (non-hydrogen) atoms. The zero-order valence-electron chi connectivity index (χ0n) is 7.20. The summed E-state index contributed by atoms with van der Waals surface area (Å²) in [5.41, 5.74) is 0.0966. The first kappa shape index (κ1) is 6.88. The highest BCUT2D eigenvalue weighted by Crippen LogP contribution is 2.62. The highest BCUT2D eigenvalue weighted by atomic mass is 16.1. The van der Waals surface area contributed by atoms with Gasteiger partial charge in [0.2, 0.25) is 0 Å². The third-order valence-electron chi connectivity index (χ3n) is 4.36. The van der Waals surface area contributed by atoms with Gasteiger partial charge in [0, 0.05) is 5.41 Å². The fourth-order valence-corrected chi connectivity index (χ4v) is 3.81. The van der Waals surface area contributed by atoms with E-state index >= 15 is 0 Å². The summed E-state index contributed by atoms with van der Waals surface area (Å²) in [6.45, 7) is 0. The Balaban J connectivity index is 2.08. The van der Waals surface area contributed by atoms with Gasteiger partial charge in [-0.1, -0.05) is 18.6 Å². The van der Waals surface area contributed by atoms with Crippen molar-refractivity contribution < 1.29 is 4.79 Å². The van der Waals surface area contributed by atoms with Crippen molar-refractivity contribution in [1.29, 1.82) is 0 Å². The molecule has 1 heteroatoms. The maximum atomic E-state index is 11.2. The molecule has 0 unspecified atom stereocenters. The van der Waals surface area contributed by atoms with Gasteiger partial charge < -0.3 is 4.79 Å². The van der Waals surface area contributed by atoms with E-state index in [1.807, 2.05) is 0 Å². The maximum Gasteiger partial charge on any atom is 0.127 e. The molecule has 3 rings (SSSR count). The van der Waals surface area contributed by atoms with Crippen molar-refractivity contribution in [3.05, 3.63) is 12.2 Å². The van der Waals surface area contributed by atoms with Gasteiger partial charge in [-0.3, -0.25) is 0 Å². The second kappa shape index (κ2) is 2.01. The number of rotatable bonds is 1. The number of carbonyl (C=O) groups excluding carboxylic acids is 1. The molecule has 0 saturated heterocycles. The first-order chi connectivity index (χ1) is 5.87. The molecule has 64 valence electrons. The number of aldehydes is 1. The molecule has 0 aliphatic heterocycles. The molecule has 0 radical (unpaired) electrons. The Kier molecular flexibility index (Phi) is 1.15. The van der Waals surface area contributed by atoms with Crippen molar-refractivity contribution in [2.45, 2.75) is 25.7 Å². The molecule has 3 aliphatic carbocycles. The van der Waals surface area contributed by atoms with Crippen LogP contribution >= 0.6 is 0 Å². The summed E-state index contributed by atoms with van der Waals surface area (Å²) in [5.74, 6) is 2.07. The zero-order chi connectivity index (χ0) is 8.18. The zero-order valence-corrected chi connectivity index (χ0v) is 7.20. The van der Waals surface area contributed by atoms with Crippen LogP contribution in [0, 0.1) is 23.2 Å². The quantitative estimate of drug-likeness (QED) is 0.426. The minimum atomic E-state index is 0.0966. The molecule has 1 nitrogen and oxygen atoms in total. The summed E-state index contributed by atoms with van der Waals surface area (Å²) in [5, 5.41) is 0. The van der Waals surface area contributed by atoms with Crippen LogP contribution in [0.4, 0.5) is 0 Å². The number of hydrogen-bond acceptors (Lipinski definition) is 1. The molecule has 2 bridgehead atoms. The Labute approximate surface area is 72.8 Å². The summed E-state index contributed by atoms with van der Waals surface area (Å²) in [7, 11) is 0. The lowest BCUT2D eigenvalue weighted by Gasteiger charge is -2.30. The third kappa shape index (κ3) is 0.562. The second-order valence-corrected chi connectivity index (χ2v) is 4.62. The van der Waals surface area contributed by atoms with Gasteiger partial charge in [0.15, 0.2) is 0 Å². The normalized spacial score (nSPS) is 54.5. The molecular weight excluding hydrogens is 148 g/mol. The minimum absolute atomic E-state index is 0.0966. The molecule has 2 fully saturated rings. The molecule has 0 aromatic heterocycles. The molecule has 0 amide bonds. The molecule has 0 aromatic carbocycles. The van der Waals surface area contributed by atoms with Crippen LogP contribution in [-0.4, -0.2) is 6.29 Å². The molecule has 0 N–H and O–H groups in total. The Morgan fingerprint density at radius 2 is 2.33 bits per heavy atom. The molecular formula is C11H14O. The van der Waals surface area contributed by atoms with Gasteiger partial charge in [-0.2, -0.15) is 0 Å². The van der Waals surface area contributed by atoms with Crippen LogP contribution in [0.5, 0.6) is 0 Å². The van der Waals surface area contributed by atoms with Crippen LogP contribution in [0.1, 0.15) is 25.7 Å². The fourth-order valence-electron chi connectivity index (χ4n) is 3.81. The molecule has 0 spiro atoms. The molecule has 0 aromatic rings. The summed E-state index contributed by atoms with van der Waals surface area (Å²) in [6, 6.07) is 0. The predicted molar refractivity (Wildman–Crippen MR) is 46.6 cm³/mol. The number of hydrogen-bond donors (Lipinski definition) is 0. The van der Waals surface area contributed by atoms with Gasteiger partial charge >= 0.3 is 0 Å². The number of carbonyl (C=O) groups is 1.